The van der Waals surface area contributed by atoms with Gasteiger partial charge >= 0.3 is 0 Å². The number of rotatable bonds is 6. The molecule has 0 fully saturated rings. The van der Waals surface area contributed by atoms with Crippen LogP contribution in [0.1, 0.15) is 5.56 Å². The molecule has 0 bridgehead atoms. The van der Waals surface area contributed by atoms with Crippen LogP contribution in [0.3, 0.4) is 0 Å². The van der Waals surface area contributed by atoms with Gasteiger partial charge in [-0.1, -0.05) is 6.07 Å². The van der Waals surface area contributed by atoms with Crippen LogP contribution in [-0.4, -0.2) is 34.3 Å². The van der Waals surface area contributed by atoms with Crippen molar-refractivity contribution >= 4 is 40.1 Å². The molecule has 9 nitrogen and oxygen atoms in total. The molecule has 5 aromatic heterocycles. The molecule has 0 aromatic carbocycles. The normalized spacial score (nSPS) is 11.1. The summed E-state index contributed by atoms with van der Waals surface area (Å²) < 4.78 is 3.68. The molecule has 0 saturated carbocycles. The third-order valence-electron chi connectivity index (χ3n) is 4.42. The van der Waals surface area contributed by atoms with Gasteiger partial charge in [0.15, 0.2) is 17.0 Å². The molecule has 144 valence electrons. The first kappa shape index (κ1) is 17.3. The summed E-state index contributed by atoms with van der Waals surface area (Å²) in [6, 6.07) is 7.82. The highest BCUT2D eigenvalue weighted by Gasteiger charge is 2.15. The summed E-state index contributed by atoms with van der Waals surface area (Å²) >= 11 is 1.63. The standard InChI is InChI=1S/C19H17N9S/c1-27-15(4-7-23-27)24-19-25-17(21-10-13-3-2-6-20-9-13)16-18(26-19)28(12-22-16)14-5-8-29-11-14/h2-9,11-12H,10H2,1H3,(H2,21,24,25,26). The maximum atomic E-state index is 4.71. The van der Waals surface area contributed by atoms with Gasteiger partial charge in [-0.2, -0.15) is 26.4 Å². The largest absolute Gasteiger partial charge is 0.364 e. The molecule has 0 aliphatic carbocycles. The zero-order valence-electron chi connectivity index (χ0n) is 15.5. The van der Waals surface area contributed by atoms with Gasteiger partial charge in [0.25, 0.3) is 0 Å². The van der Waals surface area contributed by atoms with E-state index in [0.29, 0.717) is 23.8 Å². The number of anilines is 3. The van der Waals surface area contributed by atoms with E-state index in [9.17, 15) is 0 Å². The molecule has 0 radical (unpaired) electrons. The molecule has 2 N–H and O–H groups in total. The van der Waals surface area contributed by atoms with Crippen LogP contribution in [0, 0.1) is 0 Å². The van der Waals surface area contributed by atoms with Gasteiger partial charge in [0, 0.05) is 37.4 Å². The molecule has 0 atom stereocenters. The van der Waals surface area contributed by atoms with Crippen LogP contribution in [0.15, 0.2) is 59.9 Å². The van der Waals surface area contributed by atoms with Crippen LogP contribution < -0.4 is 10.6 Å². The SMILES string of the molecule is Cn1nccc1Nc1nc(NCc2cccnc2)c2ncn(-c3ccsc3)c2n1. The van der Waals surface area contributed by atoms with Crippen LogP contribution in [0.2, 0.25) is 0 Å². The summed E-state index contributed by atoms with van der Waals surface area (Å²) in [5, 5.41) is 14.9. The van der Waals surface area contributed by atoms with E-state index in [0.717, 1.165) is 22.7 Å². The van der Waals surface area contributed by atoms with Crippen LogP contribution in [-0.2, 0) is 13.6 Å². The van der Waals surface area contributed by atoms with Crippen molar-refractivity contribution in [2.45, 2.75) is 6.54 Å². The van der Waals surface area contributed by atoms with Crippen LogP contribution in [0.5, 0.6) is 0 Å². The minimum Gasteiger partial charge on any atom is -0.364 e. The molecular weight excluding hydrogens is 386 g/mol. The summed E-state index contributed by atoms with van der Waals surface area (Å²) in [7, 11) is 1.86. The zero-order chi connectivity index (χ0) is 19.6. The lowest BCUT2D eigenvalue weighted by atomic mass is 10.3. The number of fused-ring (bicyclic) bond motifs is 1. The minimum absolute atomic E-state index is 0.465. The fourth-order valence-electron chi connectivity index (χ4n) is 2.96. The number of aromatic nitrogens is 7. The summed E-state index contributed by atoms with van der Waals surface area (Å²) in [6.07, 6.45) is 7.07. The Morgan fingerprint density at radius 3 is 2.86 bits per heavy atom. The van der Waals surface area contributed by atoms with Gasteiger partial charge in [0.2, 0.25) is 5.95 Å². The number of imidazole rings is 1. The van der Waals surface area contributed by atoms with E-state index in [1.165, 1.54) is 0 Å². The molecule has 0 amide bonds. The van der Waals surface area contributed by atoms with Crippen molar-refractivity contribution in [3.63, 3.8) is 0 Å². The van der Waals surface area contributed by atoms with Gasteiger partial charge in [-0.3, -0.25) is 14.2 Å². The second-order valence-electron chi connectivity index (χ2n) is 6.34. The third kappa shape index (κ3) is 3.41. The maximum absolute atomic E-state index is 4.71. The van der Waals surface area contributed by atoms with Crippen molar-refractivity contribution < 1.29 is 0 Å². The Labute approximate surface area is 170 Å². The molecule has 0 aliphatic rings. The van der Waals surface area contributed by atoms with E-state index in [4.69, 9.17) is 4.98 Å². The molecule has 5 rings (SSSR count). The van der Waals surface area contributed by atoms with E-state index < -0.39 is 0 Å². The Hall–Kier alpha value is -3.79. The van der Waals surface area contributed by atoms with E-state index in [2.05, 4.69) is 36.1 Å². The van der Waals surface area contributed by atoms with Crippen molar-refractivity contribution in [3.05, 3.63) is 65.5 Å². The lowest BCUT2D eigenvalue weighted by molar-refractivity contribution is 0.775. The second kappa shape index (κ2) is 7.32. The van der Waals surface area contributed by atoms with Crippen LogP contribution >= 0.6 is 11.3 Å². The van der Waals surface area contributed by atoms with E-state index in [1.807, 2.05) is 47.5 Å². The fraction of sp³-hybridized carbons (Fsp3) is 0.105. The highest BCUT2D eigenvalue weighted by atomic mass is 32.1. The average molecular weight is 403 g/mol. The number of nitrogens with one attached hydrogen (secondary N) is 2. The highest BCUT2D eigenvalue weighted by molar-refractivity contribution is 7.08. The van der Waals surface area contributed by atoms with Crippen molar-refractivity contribution in [2.75, 3.05) is 10.6 Å². The van der Waals surface area contributed by atoms with Crippen molar-refractivity contribution in [2.24, 2.45) is 7.05 Å². The molecule has 5 aromatic rings. The third-order valence-corrected chi connectivity index (χ3v) is 5.09. The minimum atomic E-state index is 0.465. The molecule has 0 spiro atoms. The summed E-state index contributed by atoms with van der Waals surface area (Å²) in [5.74, 6) is 1.91. The number of hydrogen-bond acceptors (Lipinski definition) is 8. The van der Waals surface area contributed by atoms with Gasteiger partial charge in [0.1, 0.15) is 12.1 Å². The van der Waals surface area contributed by atoms with Gasteiger partial charge in [-0.25, -0.2) is 4.98 Å². The quantitative estimate of drug-likeness (QED) is 0.448. The topological polar surface area (TPSA) is 98.4 Å². The van der Waals surface area contributed by atoms with Gasteiger partial charge < -0.3 is 10.6 Å². The average Bonchev–Trinajstić information content (AvgIpc) is 3.49. The zero-order valence-corrected chi connectivity index (χ0v) is 16.3. The summed E-state index contributed by atoms with van der Waals surface area (Å²) in [5.41, 5.74) is 3.49. The van der Waals surface area contributed by atoms with Crippen LogP contribution in [0.25, 0.3) is 16.9 Å². The number of nitrogens with zero attached hydrogens (tertiary/aromatic N) is 7. The van der Waals surface area contributed by atoms with Crippen molar-refractivity contribution in [3.8, 4) is 5.69 Å². The Balaban J connectivity index is 1.57. The Morgan fingerprint density at radius 1 is 1.14 bits per heavy atom. The Kier molecular flexibility index (Phi) is 4.37. The first-order chi connectivity index (χ1) is 14.3. The lowest BCUT2D eigenvalue weighted by Crippen LogP contribution is -2.08. The monoisotopic (exact) mass is 403 g/mol. The van der Waals surface area contributed by atoms with Gasteiger partial charge in [-0.15, -0.1) is 0 Å². The molecule has 29 heavy (non-hydrogen) atoms. The smallest absolute Gasteiger partial charge is 0.232 e. The Bertz CT molecular complexity index is 1240. The number of hydrogen-bond donors (Lipinski definition) is 2. The predicted molar refractivity (Wildman–Crippen MR) is 113 cm³/mol. The number of thiophene rings is 1. The fourth-order valence-corrected chi connectivity index (χ4v) is 3.59. The molecule has 5 heterocycles. The summed E-state index contributed by atoms with van der Waals surface area (Å²) in [6.45, 7) is 0.580. The predicted octanol–water partition coefficient (Wildman–Crippen LogP) is 3.36. The van der Waals surface area contributed by atoms with Gasteiger partial charge in [-0.05, 0) is 23.1 Å². The molecule has 10 heteroatoms. The van der Waals surface area contributed by atoms with Gasteiger partial charge in [0.05, 0.1) is 11.9 Å². The molecule has 0 saturated heterocycles. The number of pyridine rings is 1. The molecule has 0 unspecified atom stereocenters. The molecular formula is C19H17N9S. The second-order valence-corrected chi connectivity index (χ2v) is 7.12. The first-order valence-corrected chi connectivity index (χ1v) is 9.88. The van der Waals surface area contributed by atoms with E-state index in [-0.39, 0.29) is 0 Å². The number of aryl methyl sites for hydroxylation is 1. The van der Waals surface area contributed by atoms with E-state index in [1.54, 1.807) is 34.7 Å². The van der Waals surface area contributed by atoms with Crippen LogP contribution in [0.4, 0.5) is 17.6 Å². The maximum Gasteiger partial charge on any atom is 0.232 e. The summed E-state index contributed by atoms with van der Waals surface area (Å²) in [4.78, 5) is 18.1. The lowest BCUT2D eigenvalue weighted by Gasteiger charge is -2.10. The Morgan fingerprint density at radius 2 is 2.10 bits per heavy atom. The van der Waals surface area contributed by atoms with E-state index >= 15 is 0 Å². The van der Waals surface area contributed by atoms with Crippen molar-refractivity contribution in [1.82, 2.24) is 34.3 Å². The highest BCUT2D eigenvalue weighted by Crippen LogP contribution is 2.26. The first-order valence-electron chi connectivity index (χ1n) is 8.93. The molecule has 0 aliphatic heterocycles. The van der Waals surface area contributed by atoms with Crippen molar-refractivity contribution in [1.29, 1.82) is 0 Å².